The Balaban J connectivity index is 2.32. The first-order valence-electron chi connectivity index (χ1n) is 6.12. The predicted molar refractivity (Wildman–Crippen MR) is 83.6 cm³/mol. The van der Waals surface area contributed by atoms with Gasteiger partial charge in [-0.3, -0.25) is 4.21 Å². The Morgan fingerprint density at radius 1 is 1.50 bits per heavy atom. The molecular formula is C12H16BrN5OS. The summed E-state index contributed by atoms with van der Waals surface area (Å²) < 4.78 is 13.8. The minimum absolute atomic E-state index is 0.0669. The van der Waals surface area contributed by atoms with Crippen molar-refractivity contribution < 1.29 is 4.21 Å². The van der Waals surface area contributed by atoms with Crippen molar-refractivity contribution in [3.8, 4) is 11.4 Å². The molecule has 6 nitrogen and oxygen atoms in total. The van der Waals surface area contributed by atoms with Crippen molar-refractivity contribution in [1.29, 1.82) is 0 Å². The van der Waals surface area contributed by atoms with Crippen LogP contribution >= 0.6 is 15.9 Å². The van der Waals surface area contributed by atoms with Crippen molar-refractivity contribution in [2.75, 3.05) is 17.7 Å². The summed E-state index contributed by atoms with van der Waals surface area (Å²) in [4.78, 5) is 0. The summed E-state index contributed by atoms with van der Waals surface area (Å²) in [6, 6.07) is 5.58. The van der Waals surface area contributed by atoms with Gasteiger partial charge in [0.2, 0.25) is 0 Å². The van der Waals surface area contributed by atoms with Gasteiger partial charge in [0, 0.05) is 38.5 Å². The van der Waals surface area contributed by atoms with Gasteiger partial charge >= 0.3 is 0 Å². The van der Waals surface area contributed by atoms with Crippen molar-refractivity contribution in [3.05, 3.63) is 22.7 Å². The Morgan fingerprint density at radius 2 is 2.25 bits per heavy atom. The third-order valence-electron chi connectivity index (χ3n) is 2.96. The van der Waals surface area contributed by atoms with Crippen molar-refractivity contribution in [2.45, 2.75) is 19.4 Å². The molecular weight excluding hydrogens is 342 g/mol. The average Bonchev–Trinajstić information content (AvgIpc) is 2.88. The van der Waals surface area contributed by atoms with Gasteiger partial charge in [-0.1, -0.05) is 15.9 Å². The molecule has 2 aromatic rings. The molecule has 0 bridgehead atoms. The molecule has 2 N–H and O–H groups in total. The molecule has 0 saturated carbocycles. The second-order valence-electron chi connectivity index (χ2n) is 4.60. The summed E-state index contributed by atoms with van der Waals surface area (Å²) in [5, 5.41) is 11.9. The van der Waals surface area contributed by atoms with Gasteiger partial charge in [0.05, 0.1) is 6.04 Å². The number of benzene rings is 1. The van der Waals surface area contributed by atoms with Crippen LogP contribution < -0.4 is 5.73 Å². The Morgan fingerprint density at radius 3 is 2.95 bits per heavy atom. The molecule has 0 aliphatic carbocycles. The van der Waals surface area contributed by atoms with Crippen LogP contribution in [0.15, 0.2) is 22.7 Å². The molecule has 2 atom stereocenters. The molecule has 0 radical (unpaired) electrons. The molecule has 0 fully saturated rings. The average molecular weight is 358 g/mol. The van der Waals surface area contributed by atoms with Crippen LogP contribution in [0.25, 0.3) is 11.4 Å². The summed E-state index contributed by atoms with van der Waals surface area (Å²) in [6.45, 7) is 2.01. The minimum atomic E-state index is -0.818. The number of nitrogens with two attached hydrogens (primary N) is 1. The lowest BCUT2D eigenvalue weighted by Crippen LogP contribution is -2.12. The molecule has 108 valence electrons. The topological polar surface area (TPSA) is 86.7 Å². The van der Waals surface area contributed by atoms with Gasteiger partial charge in [-0.05, 0) is 42.0 Å². The van der Waals surface area contributed by atoms with E-state index in [1.54, 1.807) is 10.9 Å². The number of hydrogen-bond donors (Lipinski definition) is 1. The normalized spacial score (nSPS) is 14.2. The monoisotopic (exact) mass is 357 g/mol. The Bertz CT molecular complexity index is 630. The van der Waals surface area contributed by atoms with Crippen LogP contribution in [-0.2, 0) is 10.8 Å². The Kier molecular flexibility index (Phi) is 4.87. The fraction of sp³-hybridized carbons (Fsp3) is 0.417. The highest BCUT2D eigenvalue weighted by Crippen LogP contribution is 2.29. The van der Waals surface area contributed by atoms with E-state index in [9.17, 15) is 4.21 Å². The summed E-state index contributed by atoms with van der Waals surface area (Å²) in [6.07, 6.45) is 2.45. The van der Waals surface area contributed by atoms with E-state index < -0.39 is 10.8 Å². The van der Waals surface area contributed by atoms with Crippen LogP contribution in [0.4, 0.5) is 5.69 Å². The molecule has 2 unspecified atom stereocenters. The summed E-state index contributed by atoms with van der Waals surface area (Å²) in [7, 11) is -0.818. The highest BCUT2D eigenvalue weighted by atomic mass is 79.9. The first-order chi connectivity index (χ1) is 9.49. The van der Waals surface area contributed by atoms with Gasteiger partial charge < -0.3 is 5.73 Å². The lowest BCUT2D eigenvalue weighted by atomic mass is 10.1. The van der Waals surface area contributed by atoms with Crippen LogP contribution in [0.5, 0.6) is 0 Å². The second-order valence-corrected chi connectivity index (χ2v) is 7.01. The van der Waals surface area contributed by atoms with Crippen molar-refractivity contribution in [3.63, 3.8) is 0 Å². The van der Waals surface area contributed by atoms with Crippen LogP contribution in [-0.4, -0.2) is 36.4 Å². The second kappa shape index (κ2) is 6.45. The number of nitrogens with zero attached hydrogens (tertiary/aromatic N) is 4. The number of halogens is 1. The summed E-state index contributed by atoms with van der Waals surface area (Å²) >= 11 is 3.48. The molecule has 0 amide bonds. The van der Waals surface area contributed by atoms with Gasteiger partial charge in [0.25, 0.3) is 0 Å². The van der Waals surface area contributed by atoms with E-state index in [0.29, 0.717) is 17.3 Å². The maximum Gasteiger partial charge on any atom is 0.183 e. The van der Waals surface area contributed by atoms with Crippen LogP contribution in [0.3, 0.4) is 0 Å². The lowest BCUT2D eigenvalue weighted by Gasteiger charge is -2.13. The molecule has 20 heavy (non-hydrogen) atoms. The molecule has 1 aromatic carbocycles. The number of hydrogen-bond acceptors (Lipinski definition) is 5. The third kappa shape index (κ3) is 3.43. The predicted octanol–water partition coefficient (Wildman–Crippen LogP) is 2.01. The molecule has 0 aliphatic heterocycles. The Hall–Kier alpha value is -1.28. The van der Waals surface area contributed by atoms with Crippen molar-refractivity contribution in [1.82, 2.24) is 20.2 Å². The molecule has 8 heteroatoms. The first kappa shape index (κ1) is 15.1. The van der Waals surface area contributed by atoms with Crippen LogP contribution in [0, 0.1) is 0 Å². The van der Waals surface area contributed by atoms with E-state index in [2.05, 4.69) is 31.5 Å². The van der Waals surface area contributed by atoms with E-state index in [4.69, 9.17) is 5.73 Å². The van der Waals surface area contributed by atoms with Gasteiger partial charge in [0.1, 0.15) is 0 Å². The lowest BCUT2D eigenvalue weighted by molar-refractivity contribution is 0.470. The summed E-state index contributed by atoms with van der Waals surface area (Å²) in [5.41, 5.74) is 7.32. The first-order valence-corrected chi connectivity index (χ1v) is 8.64. The molecule has 2 rings (SSSR count). The minimum Gasteiger partial charge on any atom is -0.399 e. The number of nitrogen functional groups attached to an aromatic ring is 1. The Labute approximate surface area is 128 Å². The fourth-order valence-corrected chi connectivity index (χ4v) is 2.94. The highest BCUT2D eigenvalue weighted by Gasteiger charge is 2.17. The van der Waals surface area contributed by atoms with Gasteiger partial charge in [-0.25, -0.2) is 4.68 Å². The zero-order valence-corrected chi connectivity index (χ0v) is 13.7. The number of tetrazole rings is 1. The van der Waals surface area contributed by atoms with Crippen LogP contribution in [0.2, 0.25) is 0 Å². The van der Waals surface area contributed by atoms with E-state index in [-0.39, 0.29) is 6.04 Å². The SMILES string of the molecule is CC(CCS(C)=O)n1nnnc1-c1cc(N)ccc1Br. The van der Waals surface area contributed by atoms with Gasteiger partial charge in [-0.2, -0.15) is 0 Å². The molecule has 0 aliphatic rings. The zero-order valence-electron chi connectivity index (χ0n) is 11.3. The quantitative estimate of drug-likeness (QED) is 0.827. The number of anilines is 1. The smallest absolute Gasteiger partial charge is 0.183 e. The molecule has 0 spiro atoms. The maximum absolute atomic E-state index is 11.2. The number of aromatic nitrogens is 4. The zero-order chi connectivity index (χ0) is 14.7. The molecule has 1 heterocycles. The van der Waals surface area contributed by atoms with Gasteiger partial charge in [0.15, 0.2) is 5.82 Å². The van der Waals surface area contributed by atoms with Crippen molar-refractivity contribution >= 4 is 32.4 Å². The van der Waals surface area contributed by atoms with E-state index >= 15 is 0 Å². The standard InChI is InChI=1S/C12H16BrN5OS/c1-8(5-6-20(2)19)18-12(15-16-17-18)10-7-9(14)3-4-11(10)13/h3-4,7-8H,5-6,14H2,1-2H3. The third-order valence-corrected chi connectivity index (χ3v) is 4.47. The van der Waals surface area contributed by atoms with E-state index in [0.717, 1.165) is 16.5 Å². The largest absolute Gasteiger partial charge is 0.399 e. The number of rotatable bonds is 5. The molecule has 0 saturated heterocycles. The van der Waals surface area contributed by atoms with Gasteiger partial charge in [-0.15, -0.1) is 5.10 Å². The van der Waals surface area contributed by atoms with Crippen molar-refractivity contribution in [2.24, 2.45) is 0 Å². The van der Waals surface area contributed by atoms with E-state index in [1.165, 1.54) is 0 Å². The van der Waals surface area contributed by atoms with E-state index in [1.807, 2.05) is 25.1 Å². The highest BCUT2D eigenvalue weighted by molar-refractivity contribution is 9.10. The maximum atomic E-state index is 11.2. The fourth-order valence-electron chi connectivity index (χ4n) is 1.84. The summed E-state index contributed by atoms with van der Waals surface area (Å²) in [5.74, 6) is 1.28. The van der Waals surface area contributed by atoms with Crippen LogP contribution in [0.1, 0.15) is 19.4 Å². The molecule has 1 aromatic heterocycles.